The molecule has 0 aliphatic heterocycles. The van der Waals surface area contributed by atoms with E-state index in [1.165, 1.54) is 36.0 Å². The van der Waals surface area contributed by atoms with Crippen molar-refractivity contribution < 1.29 is 4.79 Å². The van der Waals surface area contributed by atoms with Gasteiger partial charge in [0, 0.05) is 5.92 Å². The van der Waals surface area contributed by atoms with Gasteiger partial charge in [-0.3, -0.25) is 4.79 Å². The van der Waals surface area contributed by atoms with E-state index in [2.05, 4.69) is 32.0 Å². The summed E-state index contributed by atoms with van der Waals surface area (Å²) in [5.74, 6) is 0.927. The van der Waals surface area contributed by atoms with Crippen LogP contribution in [0.3, 0.4) is 0 Å². The van der Waals surface area contributed by atoms with Gasteiger partial charge in [0.25, 0.3) is 0 Å². The second kappa shape index (κ2) is 5.03. The van der Waals surface area contributed by atoms with Gasteiger partial charge in [-0.2, -0.15) is 0 Å². The summed E-state index contributed by atoms with van der Waals surface area (Å²) < 4.78 is 0. The summed E-state index contributed by atoms with van der Waals surface area (Å²) in [6.45, 7) is 6.00. The van der Waals surface area contributed by atoms with Crippen LogP contribution in [-0.4, -0.2) is 5.78 Å². The lowest BCUT2D eigenvalue weighted by Gasteiger charge is -2.18. The van der Waals surface area contributed by atoms with Crippen molar-refractivity contribution in [3.63, 3.8) is 0 Å². The number of carbonyl (C=O) groups is 1. The zero-order valence-electron chi connectivity index (χ0n) is 11.1. The number of benzene rings is 1. The zero-order valence-corrected chi connectivity index (χ0v) is 11.1. The zero-order chi connectivity index (χ0) is 12.4. The van der Waals surface area contributed by atoms with Gasteiger partial charge in [0.2, 0.25) is 0 Å². The summed E-state index contributed by atoms with van der Waals surface area (Å²) in [6.07, 6.45) is 4.64. The summed E-state index contributed by atoms with van der Waals surface area (Å²) in [7, 11) is 0. The number of ketones is 1. The molecule has 1 aromatic rings. The third kappa shape index (κ3) is 2.77. The highest BCUT2D eigenvalue weighted by atomic mass is 16.1. The third-order valence-corrected chi connectivity index (χ3v) is 3.95. The first-order chi connectivity index (χ1) is 8.08. The van der Waals surface area contributed by atoms with Gasteiger partial charge in [-0.05, 0) is 55.2 Å². The van der Waals surface area contributed by atoms with Crippen molar-refractivity contribution >= 4 is 5.78 Å². The molecule has 1 nitrogen and oxygen atoms in total. The Balaban J connectivity index is 2.15. The van der Waals surface area contributed by atoms with Crippen molar-refractivity contribution in [2.75, 3.05) is 0 Å². The van der Waals surface area contributed by atoms with Gasteiger partial charge < -0.3 is 0 Å². The quantitative estimate of drug-likeness (QED) is 0.772. The summed E-state index contributed by atoms with van der Waals surface area (Å²) in [5.41, 5.74) is 4.35. The van der Waals surface area contributed by atoms with E-state index in [9.17, 15) is 4.79 Å². The largest absolute Gasteiger partial charge is 0.300 e. The smallest absolute Gasteiger partial charge is 0.133 e. The number of hydrogen-bond acceptors (Lipinski definition) is 1. The Hall–Kier alpha value is -1.11. The summed E-state index contributed by atoms with van der Waals surface area (Å²) in [4.78, 5) is 11.6. The molecule has 0 heterocycles. The van der Waals surface area contributed by atoms with Gasteiger partial charge >= 0.3 is 0 Å². The Morgan fingerprint density at radius 2 is 1.94 bits per heavy atom. The van der Waals surface area contributed by atoms with E-state index in [0.29, 0.717) is 11.7 Å². The first kappa shape index (κ1) is 12.3. The maximum Gasteiger partial charge on any atom is 0.133 e. The molecule has 0 saturated heterocycles. The van der Waals surface area contributed by atoms with E-state index in [4.69, 9.17) is 0 Å². The van der Waals surface area contributed by atoms with Gasteiger partial charge in [-0.1, -0.05) is 32.0 Å². The Morgan fingerprint density at radius 3 is 2.59 bits per heavy atom. The van der Waals surface area contributed by atoms with E-state index in [1.807, 2.05) is 0 Å². The van der Waals surface area contributed by atoms with E-state index in [-0.39, 0.29) is 5.92 Å². The molecular weight excluding hydrogens is 208 g/mol. The summed E-state index contributed by atoms with van der Waals surface area (Å²) in [6, 6.07) is 6.79. The van der Waals surface area contributed by atoms with Gasteiger partial charge in [-0.15, -0.1) is 0 Å². The van der Waals surface area contributed by atoms with Crippen LogP contribution in [0, 0.1) is 11.8 Å². The van der Waals surface area contributed by atoms with Crippen molar-refractivity contribution in [2.45, 2.75) is 46.5 Å². The number of rotatable bonds is 4. The number of Topliss-reactive ketones (excluding diaryl/α,β-unsaturated/α-hetero) is 1. The van der Waals surface area contributed by atoms with E-state index in [1.54, 1.807) is 6.92 Å². The molecule has 1 aromatic carbocycles. The second-order valence-electron chi connectivity index (χ2n) is 5.62. The fourth-order valence-corrected chi connectivity index (χ4v) is 2.85. The van der Waals surface area contributed by atoms with Crippen LogP contribution in [0.2, 0.25) is 0 Å². The van der Waals surface area contributed by atoms with Gasteiger partial charge in [0.1, 0.15) is 5.78 Å². The second-order valence-corrected chi connectivity index (χ2v) is 5.62. The molecule has 0 amide bonds. The minimum atomic E-state index is 0.175. The lowest BCUT2D eigenvalue weighted by atomic mass is 9.86. The van der Waals surface area contributed by atoms with Crippen molar-refractivity contribution in [3.8, 4) is 0 Å². The molecule has 2 rings (SSSR count). The summed E-state index contributed by atoms with van der Waals surface area (Å²) in [5, 5.41) is 0. The van der Waals surface area contributed by atoms with Gasteiger partial charge in [-0.25, -0.2) is 0 Å². The van der Waals surface area contributed by atoms with Crippen molar-refractivity contribution in [3.05, 3.63) is 34.9 Å². The highest BCUT2D eigenvalue weighted by Crippen LogP contribution is 2.25. The van der Waals surface area contributed by atoms with Crippen LogP contribution in [-0.2, 0) is 24.1 Å². The van der Waals surface area contributed by atoms with Crippen LogP contribution in [0.1, 0.15) is 43.9 Å². The minimum Gasteiger partial charge on any atom is -0.300 e. The normalized spacial score (nSPS) is 16.0. The molecule has 1 heteroatoms. The van der Waals surface area contributed by atoms with E-state index >= 15 is 0 Å². The maximum absolute atomic E-state index is 11.6. The molecule has 0 bridgehead atoms. The van der Waals surface area contributed by atoms with Crippen molar-refractivity contribution in [1.82, 2.24) is 0 Å². The topological polar surface area (TPSA) is 17.1 Å². The molecule has 1 unspecified atom stereocenters. The van der Waals surface area contributed by atoms with Crippen molar-refractivity contribution in [2.24, 2.45) is 11.8 Å². The Morgan fingerprint density at radius 1 is 1.24 bits per heavy atom. The average Bonchev–Trinajstić information content (AvgIpc) is 2.71. The lowest BCUT2D eigenvalue weighted by molar-refractivity contribution is -0.121. The molecular formula is C16H22O. The highest BCUT2D eigenvalue weighted by molar-refractivity contribution is 5.78. The van der Waals surface area contributed by atoms with E-state index in [0.717, 1.165) is 6.42 Å². The average molecular weight is 230 g/mol. The minimum absolute atomic E-state index is 0.175. The van der Waals surface area contributed by atoms with Gasteiger partial charge in [0.05, 0.1) is 0 Å². The standard InChI is InChI=1S/C16H22O/c1-11(2)16(12(3)17)10-13-7-8-14-5-4-6-15(14)9-13/h7-9,11,16H,4-6,10H2,1-3H3. The van der Waals surface area contributed by atoms with Crippen LogP contribution in [0.25, 0.3) is 0 Å². The number of carbonyl (C=O) groups excluding carboxylic acids is 1. The lowest BCUT2D eigenvalue weighted by Crippen LogP contribution is -2.20. The predicted octanol–water partition coefficient (Wildman–Crippen LogP) is 3.58. The fourth-order valence-electron chi connectivity index (χ4n) is 2.85. The molecule has 0 fully saturated rings. The number of aryl methyl sites for hydroxylation is 2. The molecule has 1 aliphatic rings. The molecule has 17 heavy (non-hydrogen) atoms. The molecule has 0 aromatic heterocycles. The molecule has 92 valence electrons. The summed E-state index contributed by atoms with van der Waals surface area (Å²) >= 11 is 0. The number of fused-ring (bicyclic) bond motifs is 1. The van der Waals surface area contributed by atoms with Gasteiger partial charge in [0.15, 0.2) is 0 Å². The molecule has 0 radical (unpaired) electrons. The molecule has 0 N–H and O–H groups in total. The van der Waals surface area contributed by atoms with Crippen LogP contribution in [0.15, 0.2) is 18.2 Å². The molecule has 1 atom stereocenters. The predicted molar refractivity (Wildman–Crippen MR) is 71.2 cm³/mol. The Labute approximate surface area is 104 Å². The molecule has 0 saturated carbocycles. The van der Waals surface area contributed by atoms with Crippen molar-refractivity contribution in [1.29, 1.82) is 0 Å². The SMILES string of the molecule is CC(=O)C(Cc1ccc2c(c1)CCC2)C(C)C. The van der Waals surface area contributed by atoms with Crippen LogP contribution in [0.4, 0.5) is 0 Å². The molecule has 0 spiro atoms. The first-order valence-corrected chi connectivity index (χ1v) is 6.69. The van der Waals surface area contributed by atoms with Crippen LogP contribution >= 0.6 is 0 Å². The molecule has 1 aliphatic carbocycles. The Bertz CT molecular complexity index is 418. The van der Waals surface area contributed by atoms with Crippen LogP contribution in [0.5, 0.6) is 0 Å². The van der Waals surface area contributed by atoms with Crippen LogP contribution < -0.4 is 0 Å². The Kier molecular flexibility index (Phi) is 3.66. The van der Waals surface area contributed by atoms with E-state index < -0.39 is 0 Å². The third-order valence-electron chi connectivity index (χ3n) is 3.95. The number of hydrogen-bond donors (Lipinski definition) is 0. The monoisotopic (exact) mass is 230 g/mol. The fraction of sp³-hybridized carbons (Fsp3) is 0.562. The highest BCUT2D eigenvalue weighted by Gasteiger charge is 2.19. The maximum atomic E-state index is 11.6. The first-order valence-electron chi connectivity index (χ1n) is 6.69.